The number of rotatable bonds is 4. The molecule has 0 aliphatic heterocycles. The summed E-state index contributed by atoms with van der Waals surface area (Å²) in [7, 11) is 0. The molecule has 0 atom stereocenters. The van der Waals surface area contributed by atoms with Crippen molar-refractivity contribution in [2.45, 2.75) is 20.3 Å². The van der Waals surface area contributed by atoms with Crippen molar-refractivity contribution in [1.29, 1.82) is 0 Å². The van der Waals surface area contributed by atoms with Gasteiger partial charge in [-0.3, -0.25) is 4.79 Å². The second kappa shape index (κ2) is 5.89. The van der Waals surface area contributed by atoms with Crippen LogP contribution in [0.1, 0.15) is 29.3 Å². The summed E-state index contributed by atoms with van der Waals surface area (Å²) in [4.78, 5) is 11.9. The van der Waals surface area contributed by atoms with Crippen LogP contribution in [0, 0.1) is 6.92 Å². The van der Waals surface area contributed by atoms with Crippen LogP contribution in [0.2, 0.25) is 5.15 Å². The molecule has 0 saturated carbocycles. The summed E-state index contributed by atoms with van der Waals surface area (Å²) < 4.78 is 1.56. The van der Waals surface area contributed by atoms with Crippen molar-refractivity contribution in [2.75, 3.05) is 6.54 Å². The van der Waals surface area contributed by atoms with Crippen molar-refractivity contribution in [2.24, 2.45) is 0 Å². The van der Waals surface area contributed by atoms with E-state index in [2.05, 4.69) is 10.4 Å². The molecule has 1 aromatic carbocycles. The van der Waals surface area contributed by atoms with Crippen LogP contribution in [0.25, 0.3) is 5.69 Å². The van der Waals surface area contributed by atoms with Gasteiger partial charge in [-0.15, -0.1) is 0 Å². The smallest absolute Gasteiger partial charge is 0.256 e. The molecule has 0 bridgehead atoms. The van der Waals surface area contributed by atoms with Gasteiger partial charge in [0.25, 0.3) is 5.91 Å². The van der Waals surface area contributed by atoms with Gasteiger partial charge < -0.3 is 5.32 Å². The molecule has 0 aliphatic carbocycles. The summed E-state index contributed by atoms with van der Waals surface area (Å²) in [6, 6.07) is 7.79. The summed E-state index contributed by atoms with van der Waals surface area (Å²) in [5.74, 6) is -0.190. The van der Waals surface area contributed by atoms with E-state index in [0.29, 0.717) is 17.3 Å². The van der Waals surface area contributed by atoms with Crippen molar-refractivity contribution >= 4 is 17.5 Å². The Morgan fingerprint density at radius 3 is 2.68 bits per heavy atom. The fraction of sp³-hybridized carbons (Fsp3) is 0.286. The van der Waals surface area contributed by atoms with Crippen LogP contribution in [0.3, 0.4) is 0 Å². The van der Waals surface area contributed by atoms with E-state index in [1.54, 1.807) is 4.68 Å². The zero-order valence-corrected chi connectivity index (χ0v) is 11.7. The summed E-state index contributed by atoms with van der Waals surface area (Å²) in [6.07, 6.45) is 2.38. The lowest BCUT2D eigenvalue weighted by Gasteiger charge is -2.05. The average Bonchev–Trinajstić information content (AvgIpc) is 2.79. The molecule has 0 unspecified atom stereocenters. The second-order valence-electron chi connectivity index (χ2n) is 4.35. The quantitative estimate of drug-likeness (QED) is 0.934. The number of amides is 1. The number of hydrogen-bond donors (Lipinski definition) is 1. The number of benzene rings is 1. The highest BCUT2D eigenvalue weighted by Gasteiger charge is 2.16. The largest absolute Gasteiger partial charge is 0.352 e. The van der Waals surface area contributed by atoms with Gasteiger partial charge in [0.15, 0.2) is 0 Å². The van der Waals surface area contributed by atoms with Crippen molar-refractivity contribution in [3.8, 4) is 5.69 Å². The molecule has 0 fully saturated rings. The van der Waals surface area contributed by atoms with E-state index in [-0.39, 0.29) is 5.91 Å². The lowest BCUT2D eigenvalue weighted by Crippen LogP contribution is -2.23. The highest BCUT2D eigenvalue weighted by atomic mass is 35.5. The number of carbonyl (C=O) groups is 1. The molecule has 5 heteroatoms. The SMILES string of the molecule is CCCNC(=O)c1cnn(-c2ccc(C)cc2)c1Cl. The highest BCUT2D eigenvalue weighted by molar-refractivity contribution is 6.33. The molecule has 1 amide bonds. The van der Waals surface area contributed by atoms with Gasteiger partial charge in [-0.25, -0.2) is 4.68 Å². The molecule has 2 aromatic rings. The van der Waals surface area contributed by atoms with E-state index in [0.717, 1.165) is 17.7 Å². The Morgan fingerprint density at radius 2 is 2.05 bits per heavy atom. The van der Waals surface area contributed by atoms with E-state index < -0.39 is 0 Å². The highest BCUT2D eigenvalue weighted by Crippen LogP contribution is 2.20. The lowest BCUT2D eigenvalue weighted by molar-refractivity contribution is 0.0954. The minimum Gasteiger partial charge on any atom is -0.352 e. The van der Waals surface area contributed by atoms with Gasteiger partial charge in [-0.05, 0) is 25.5 Å². The van der Waals surface area contributed by atoms with Crippen molar-refractivity contribution < 1.29 is 4.79 Å². The van der Waals surface area contributed by atoms with Gasteiger partial charge in [0.05, 0.1) is 17.4 Å². The van der Waals surface area contributed by atoms with Crippen molar-refractivity contribution in [1.82, 2.24) is 15.1 Å². The summed E-state index contributed by atoms with van der Waals surface area (Å²) >= 11 is 6.21. The Bertz CT molecular complexity index is 575. The third kappa shape index (κ3) is 2.96. The van der Waals surface area contributed by atoms with Crippen molar-refractivity contribution in [3.05, 3.63) is 46.7 Å². The molecule has 0 radical (unpaired) electrons. The third-order valence-corrected chi connectivity index (χ3v) is 3.13. The molecule has 1 N–H and O–H groups in total. The molecular formula is C14H16ClN3O. The van der Waals surface area contributed by atoms with Gasteiger partial charge in [0, 0.05) is 6.54 Å². The molecule has 0 saturated heterocycles. The predicted octanol–water partition coefficient (Wildman–Crippen LogP) is 2.97. The van der Waals surface area contributed by atoms with Gasteiger partial charge in [-0.1, -0.05) is 36.2 Å². The van der Waals surface area contributed by atoms with E-state index in [4.69, 9.17) is 11.6 Å². The summed E-state index contributed by atoms with van der Waals surface area (Å²) in [6.45, 7) is 4.64. The first-order valence-corrected chi connectivity index (χ1v) is 6.60. The van der Waals surface area contributed by atoms with Gasteiger partial charge in [0.2, 0.25) is 0 Å². The first kappa shape index (κ1) is 13.6. The normalized spacial score (nSPS) is 10.5. The molecule has 1 heterocycles. The number of halogens is 1. The van der Waals surface area contributed by atoms with Crippen LogP contribution in [-0.4, -0.2) is 22.2 Å². The third-order valence-electron chi connectivity index (χ3n) is 2.77. The zero-order valence-electron chi connectivity index (χ0n) is 11.0. The molecule has 19 heavy (non-hydrogen) atoms. The van der Waals surface area contributed by atoms with E-state index in [1.807, 2.05) is 38.1 Å². The number of carbonyl (C=O) groups excluding carboxylic acids is 1. The summed E-state index contributed by atoms with van der Waals surface area (Å²) in [5.41, 5.74) is 2.40. The maximum atomic E-state index is 11.9. The predicted molar refractivity (Wildman–Crippen MR) is 75.9 cm³/mol. The topological polar surface area (TPSA) is 46.9 Å². The van der Waals surface area contributed by atoms with Gasteiger partial charge in [0.1, 0.15) is 5.15 Å². The molecule has 4 nitrogen and oxygen atoms in total. The van der Waals surface area contributed by atoms with Gasteiger partial charge in [-0.2, -0.15) is 5.10 Å². The number of aryl methyl sites for hydroxylation is 1. The number of nitrogens with zero attached hydrogens (tertiary/aromatic N) is 2. The van der Waals surface area contributed by atoms with Crippen LogP contribution in [0.4, 0.5) is 0 Å². The van der Waals surface area contributed by atoms with Crippen LogP contribution in [-0.2, 0) is 0 Å². The Hall–Kier alpha value is -1.81. The minimum absolute atomic E-state index is 0.190. The van der Waals surface area contributed by atoms with Crippen LogP contribution in [0.5, 0.6) is 0 Å². The maximum absolute atomic E-state index is 11.9. The fourth-order valence-electron chi connectivity index (χ4n) is 1.69. The molecule has 2 rings (SSSR count). The Kier molecular flexibility index (Phi) is 4.22. The van der Waals surface area contributed by atoms with Crippen molar-refractivity contribution in [3.63, 3.8) is 0 Å². The lowest BCUT2D eigenvalue weighted by atomic mass is 10.2. The van der Waals surface area contributed by atoms with Gasteiger partial charge >= 0.3 is 0 Å². The molecule has 100 valence electrons. The summed E-state index contributed by atoms with van der Waals surface area (Å²) in [5, 5.41) is 7.29. The molecule has 1 aromatic heterocycles. The van der Waals surface area contributed by atoms with E-state index in [1.165, 1.54) is 6.20 Å². The molecule has 0 spiro atoms. The number of hydrogen-bond acceptors (Lipinski definition) is 2. The standard InChI is InChI=1S/C14H16ClN3O/c1-3-8-16-14(19)12-9-17-18(13(12)15)11-6-4-10(2)5-7-11/h4-7,9H,3,8H2,1-2H3,(H,16,19). The zero-order chi connectivity index (χ0) is 13.8. The fourth-order valence-corrected chi connectivity index (χ4v) is 1.96. The minimum atomic E-state index is -0.190. The second-order valence-corrected chi connectivity index (χ2v) is 4.71. The Balaban J connectivity index is 2.27. The van der Waals surface area contributed by atoms with E-state index >= 15 is 0 Å². The monoisotopic (exact) mass is 277 g/mol. The van der Waals surface area contributed by atoms with Crippen LogP contribution < -0.4 is 5.32 Å². The average molecular weight is 278 g/mol. The maximum Gasteiger partial charge on any atom is 0.256 e. The Labute approximate surface area is 117 Å². The Morgan fingerprint density at radius 1 is 1.37 bits per heavy atom. The number of aromatic nitrogens is 2. The van der Waals surface area contributed by atoms with Crippen LogP contribution >= 0.6 is 11.6 Å². The van der Waals surface area contributed by atoms with E-state index in [9.17, 15) is 4.79 Å². The molecular weight excluding hydrogens is 262 g/mol. The first-order chi connectivity index (χ1) is 9.13. The number of nitrogens with one attached hydrogen (secondary N) is 1. The first-order valence-electron chi connectivity index (χ1n) is 6.22. The molecule has 0 aliphatic rings. The van der Waals surface area contributed by atoms with Crippen LogP contribution in [0.15, 0.2) is 30.5 Å².